The zero-order valence-electron chi connectivity index (χ0n) is 4.85. The first-order chi connectivity index (χ1) is 4.24. The highest BCUT2D eigenvalue weighted by atomic mass is 79.9. The first-order valence-corrected chi connectivity index (χ1v) is 3.24. The van der Waals surface area contributed by atoms with Crippen LogP contribution >= 0.6 is 15.9 Å². The van der Waals surface area contributed by atoms with E-state index >= 15 is 0 Å². The maximum atomic E-state index is 10.1. The second-order valence-electron chi connectivity index (χ2n) is 1.67. The zero-order chi connectivity index (χ0) is 6.85. The van der Waals surface area contributed by atoms with Gasteiger partial charge in [0.15, 0.2) is 12.0 Å². The molecule has 3 heteroatoms. The minimum atomic E-state index is 0.361. The molecule has 0 radical (unpaired) electrons. The van der Waals surface area contributed by atoms with E-state index in [4.69, 9.17) is 4.42 Å². The first kappa shape index (κ1) is 6.55. The predicted molar refractivity (Wildman–Crippen MR) is 36.5 cm³/mol. The summed E-state index contributed by atoms with van der Waals surface area (Å²) in [6.45, 7) is 1.79. The van der Waals surface area contributed by atoms with E-state index in [2.05, 4.69) is 15.9 Å². The van der Waals surface area contributed by atoms with Gasteiger partial charge >= 0.3 is 0 Å². The molecule has 0 amide bonds. The van der Waals surface area contributed by atoms with Crippen LogP contribution in [0.15, 0.2) is 15.0 Å². The molecule has 0 bridgehead atoms. The zero-order valence-corrected chi connectivity index (χ0v) is 6.44. The Labute approximate surface area is 61.0 Å². The molecule has 0 saturated carbocycles. The number of rotatable bonds is 1. The summed E-state index contributed by atoms with van der Waals surface area (Å²) < 4.78 is 5.79. The largest absolute Gasteiger partial charge is 0.457 e. The number of furan rings is 1. The molecule has 1 heterocycles. The van der Waals surface area contributed by atoms with Crippen molar-refractivity contribution in [3.05, 3.63) is 22.1 Å². The van der Waals surface area contributed by atoms with Gasteiger partial charge in [0.2, 0.25) is 0 Å². The quantitative estimate of drug-likeness (QED) is 0.633. The molecule has 0 fully saturated rings. The molecule has 2 nitrogen and oxygen atoms in total. The summed E-state index contributed by atoms with van der Waals surface area (Å²) in [4.78, 5) is 10.1. The van der Waals surface area contributed by atoms with Gasteiger partial charge in [-0.3, -0.25) is 4.79 Å². The Hall–Kier alpha value is -0.570. The standard InChI is InChI=1S/C6H5BrO2/c1-4-6(7)2-5(3-8)9-4/h2-3H,1H3. The number of hydrogen-bond donors (Lipinski definition) is 0. The van der Waals surface area contributed by atoms with E-state index in [0.717, 1.165) is 10.2 Å². The fraction of sp³-hybridized carbons (Fsp3) is 0.167. The Balaban J connectivity index is 3.11. The number of halogens is 1. The SMILES string of the molecule is Cc1oc(C=O)cc1Br. The van der Waals surface area contributed by atoms with Gasteiger partial charge in [-0.2, -0.15) is 0 Å². The monoisotopic (exact) mass is 188 g/mol. The molecular weight excluding hydrogens is 184 g/mol. The molecule has 0 aliphatic carbocycles. The van der Waals surface area contributed by atoms with Crippen LogP contribution in [0.1, 0.15) is 16.3 Å². The van der Waals surface area contributed by atoms with Crippen molar-refractivity contribution in [2.45, 2.75) is 6.92 Å². The molecule has 0 saturated heterocycles. The lowest BCUT2D eigenvalue weighted by Crippen LogP contribution is -1.66. The van der Waals surface area contributed by atoms with E-state index in [1.165, 1.54) is 0 Å². The van der Waals surface area contributed by atoms with E-state index in [0.29, 0.717) is 12.0 Å². The van der Waals surface area contributed by atoms with E-state index < -0.39 is 0 Å². The third-order valence-electron chi connectivity index (χ3n) is 0.992. The van der Waals surface area contributed by atoms with Crippen molar-refractivity contribution < 1.29 is 9.21 Å². The average Bonchev–Trinajstić information content (AvgIpc) is 2.13. The molecule has 1 aromatic rings. The van der Waals surface area contributed by atoms with Crippen molar-refractivity contribution >= 4 is 22.2 Å². The van der Waals surface area contributed by atoms with Crippen LogP contribution in [-0.4, -0.2) is 6.29 Å². The van der Waals surface area contributed by atoms with Gasteiger partial charge in [-0.25, -0.2) is 0 Å². The molecule has 0 unspecified atom stereocenters. The van der Waals surface area contributed by atoms with Crippen molar-refractivity contribution in [2.75, 3.05) is 0 Å². The molecule has 0 aromatic carbocycles. The smallest absolute Gasteiger partial charge is 0.185 e. The van der Waals surface area contributed by atoms with Gasteiger partial charge in [0.25, 0.3) is 0 Å². The normalized spacial score (nSPS) is 9.56. The molecular formula is C6H5BrO2. The number of aryl methyl sites for hydroxylation is 1. The minimum Gasteiger partial charge on any atom is -0.457 e. The Morgan fingerprint density at radius 1 is 1.78 bits per heavy atom. The fourth-order valence-electron chi connectivity index (χ4n) is 0.540. The van der Waals surface area contributed by atoms with Gasteiger partial charge in [-0.05, 0) is 22.9 Å². The topological polar surface area (TPSA) is 30.2 Å². The van der Waals surface area contributed by atoms with Crippen LogP contribution in [0.5, 0.6) is 0 Å². The van der Waals surface area contributed by atoms with Crippen molar-refractivity contribution in [2.24, 2.45) is 0 Å². The summed E-state index contributed by atoms with van der Waals surface area (Å²) in [6.07, 6.45) is 0.678. The second-order valence-corrected chi connectivity index (χ2v) is 2.53. The third kappa shape index (κ3) is 1.21. The molecule has 0 atom stereocenters. The molecule has 9 heavy (non-hydrogen) atoms. The summed E-state index contributed by atoms with van der Waals surface area (Å²) in [7, 11) is 0. The van der Waals surface area contributed by atoms with Crippen LogP contribution < -0.4 is 0 Å². The maximum Gasteiger partial charge on any atom is 0.185 e. The van der Waals surface area contributed by atoms with Crippen molar-refractivity contribution in [3.63, 3.8) is 0 Å². The maximum absolute atomic E-state index is 10.1. The van der Waals surface area contributed by atoms with E-state index in [1.54, 1.807) is 13.0 Å². The van der Waals surface area contributed by atoms with E-state index in [1.807, 2.05) is 0 Å². The van der Waals surface area contributed by atoms with E-state index in [-0.39, 0.29) is 0 Å². The van der Waals surface area contributed by atoms with Crippen LogP contribution in [0.4, 0.5) is 0 Å². The Kier molecular flexibility index (Phi) is 1.71. The lowest BCUT2D eigenvalue weighted by molar-refractivity contribution is 0.109. The molecule has 1 aromatic heterocycles. The predicted octanol–water partition coefficient (Wildman–Crippen LogP) is 2.16. The molecule has 1 rings (SSSR count). The van der Waals surface area contributed by atoms with E-state index in [9.17, 15) is 4.79 Å². The van der Waals surface area contributed by atoms with Crippen molar-refractivity contribution in [1.82, 2.24) is 0 Å². The Bertz CT molecular complexity index is 207. The van der Waals surface area contributed by atoms with Gasteiger partial charge in [0, 0.05) is 6.07 Å². The van der Waals surface area contributed by atoms with Crippen LogP contribution in [0.2, 0.25) is 0 Å². The summed E-state index contributed by atoms with van der Waals surface area (Å²) in [5.74, 6) is 1.09. The summed E-state index contributed by atoms with van der Waals surface area (Å²) in [5, 5.41) is 0. The van der Waals surface area contributed by atoms with Crippen LogP contribution in [-0.2, 0) is 0 Å². The van der Waals surface area contributed by atoms with Gasteiger partial charge < -0.3 is 4.42 Å². The third-order valence-corrected chi connectivity index (χ3v) is 1.78. The number of aldehydes is 1. The molecule has 0 N–H and O–H groups in total. The first-order valence-electron chi connectivity index (χ1n) is 2.45. The molecule has 0 aliphatic rings. The summed E-state index contributed by atoms with van der Waals surface area (Å²) in [6, 6.07) is 1.64. The number of carbonyl (C=O) groups excluding carboxylic acids is 1. The fourth-order valence-corrected chi connectivity index (χ4v) is 0.846. The Morgan fingerprint density at radius 2 is 2.44 bits per heavy atom. The van der Waals surface area contributed by atoms with Gasteiger partial charge in [0.05, 0.1) is 4.47 Å². The average molecular weight is 189 g/mol. The van der Waals surface area contributed by atoms with Crippen molar-refractivity contribution in [1.29, 1.82) is 0 Å². The number of carbonyl (C=O) groups is 1. The highest BCUT2D eigenvalue weighted by molar-refractivity contribution is 9.10. The molecule has 0 spiro atoms. The lowest BCUT2D eigenvalue weighted by atomic mass is 10.4. The Morgan fingerprint density at radius 3 is 2.67 bits per heavy atom. The lowest BCUT2D eigenvalue weighted by Gasteiger charge is -1.78. The summed E-state index contributed by atoms with van der Waals surface area (Å²) in [5.41, 5.74) is 0. The molecule has 0 aliphatic heterocycles. The van der Waals surface area contributed by atoms with Gasteiger partial charge in [-0.15, -0.1) is 0 Å². The number of hydrogen-bond acceptors (Lipinski definition) is 2. The second kappa shape index (κ2) is 2.35. The van der Waals surface area contributed by atoms with Crippen LogP contribution in [0.25, 0.3) is 0 Å². The van der Waals surface area contributed by atoms with Gasteiger partial charge in [-0.1, -0.05) is 0 Å². The van der Waals surface area contributed by atoms with Gasteiger partial charge in [0.1, 0.15) is 5.76 Å². The highest BCUT2D eigenvalue weighted by Gasteiger charge is 2.01. The van der Waals surface area contributed by atoms with Crippen LogP contribution in [0.3, 0.4) is 0 Å². The van der Waals surface area contributed by atoms with Crippen LogP contribution in [0, 0.1) is 6.92 Å². The molecule has 48 valence electrons. The van der Waals surface area contributed by atoms with Crippen molar-refractivity contribution in [3.8, 4) is 0 Å². The highest BCUT2D eigenvalue weighted by Crippen LogP contribution is 2.18. The summed E-state index contributed by atoms with van der Waals surface area (Å²) >= 11 is 3.20. The minimum absolute atomic E-state index is 0.361.